The normalized spacial score (nSPS) is 15.2. The minimum atomic E-state index is 0.718. The molecule has 2 heterocycles. The summed E-state index contributed by atoms with van der Waals surface area (Å²) in [5.41, 5.74) is 2.00. The number of fused-ring (bicyclic) bond motifs is 1. The van der Waals surface area contributed by atoms with Gasteiger partial charge in [0.1, 0.15) is 0 Å². The summed E-state index contributed by atoms with van der Waals surface area (Å²) in [6.45, 7) is 4.02. The molecule has 5 nitrogen and oxygen atoms in total. The summed E-state index contributed by atoms with van der Waals surface area (Å²) in [7, 11) is 0. The number of pyridine rings is 1. The minimum absolute atomic E-state index is 0.718. The topological polar surface area (TPSA) is 54.2 Å². The highest BCUT2D eigenvalue weighted by Crippen LogP contribution is 2.18. The molecule has 1 fully saturated rings. The number of nitrogens with zero attached hydrogens (tertiary/aromatic N) is 3. The van der Waals surface area contributed by atoms with Gasteiger partial charge in [-0.05, 0) is 44.9 Å². The van der Waals surface area contributed by atoms with E-state index in [1.54, 1.807) is 0 Å². The van der Waals surface area contributed by atoms with Gasteiger partial charge in [0.25, 0.3) is 0 Å². The molecule has 0 atom stereocenters. The zero-order valence-electron chi connectivity index (χ0n) is 10.7. The molecule has 5 heteroatoms. The number of nitrogens with one attached hydrogen (secondary N) is 2. The lowest BCUT2D eigenvalue weighted by molar-refractivity contribution is 0.658. The lowest BCUT2D eigenvalue weighted by atomic mass is 10.4. The van der Waals surface area contributed by atoms with Crippen LogP contribution in [0.5, 0.6) is 0 Å². The van der Waals surface area contributed by atoms with E-state index < -0.39 is 0 Å². The van der Waals surface area contributed by atoms with Crippen molar-refractivity contribution in [2.75, 3.05) is 18.4 Å². The van der Waals surface area contributed by atoms with Gasteiger partial charge in [0.2, 0.25) is 5.95 Å². The van der Waals surface area contributed by atoms with Crippen LogP contribution in [0.15, 0.2) is 18.2 Å². The molecule has 0 radical (unpaired) electrons. The zero-order valence-corrected chi connectivity index (χ0v) is 10.7. The molecule has 0 aromatic carbocycles. The number of aryl methyl sites for hydroxylation is 1. The molecule has 1 aliphatic rings. The molecule has 2 aromatic rings. The Labute approximate surface area is 107 Å². The average Bonchev–Trinajstić information content (AvgIpc) is 3.08. The maximum atomic E-state index is 4.44. The van der Waals surface area contributed by atoms with E-state index in [1.165, 1.54) is 12.8 Å². The Kier molecular flexibility index (Phi) is 3.15. The van der Waals surface area contributed by atoms with Crippen molar-refractivity contribution in [3.63, 3.8) is 0 Å². The Morgan fingerprint density at radius 1 is 1.33 bits per heavy atom. The van der Waals surface area contributed by atoms with Crippen molar-refractivity contribution in [1.82, 2.24) is 19.9 Å². The molecule has 0 unspecified atom stereocenters. The van der Waals surface area contributed by atoms with Gasteiger partial charge in [-0.1, -0.05) is 6.07 Å². The fourth-order valence-corrected chi connectivity index (χ4v) is 1.99. The first-order chi connectivity index (χ1) is 8.83. The number of rotatable bonds is 6. The summed E-state index contributed by atoms with van der Waals surface area (Å²) >= 11 is 0. The first-order valence-electron chi connectivity index (χ1n) is 6.62. The van der Waals surface area contributed by atoms with Gasteiger partial charge in [0, 0.05) is 18.3 Å². The third-order valence-corrected chi connectivity index (χ3v) is 3.20. The largest absolute Gasteiger partial charge is 0.353 e. The Bertz CT molecular complexity index is 529. The van der Waals surface area contributed by atoms with Gasteiger partial charge in [0.15, 0.2) is 5.65 Å². The summed E-state index contributed by atoms with van der Waals surface area (Å²) in [4.78, 5) is 4.44. The van der Waals surface area contributed by atoms with E-state index in [-0.39, 0.29) is 0 Å². The number of hydrogen-bond donors (Lipinski definition) is 2. The molecule has 3 rings (SSSR count). The van der Waals surface area contributed by atoms with Gasteiger partial charge in [-0.3, -0.25) is 0 Å². The lowest BCUT2D eigenvalue weighted by Crippen LogP contribution is -2.20. The monoisotopic (exact) mass is 245 g/mol. The molecule has 0 amide bonds. The molecular formula is C13H19N5. The summed E-state index contributed by atoms with van der Waals surface area (Å²) in [5, 5.41) is 11.2. The average molecular weight is 245 g/mol. The predicted octanol–water partition coefficient (Wildman–Crippen LogP) is 1.59. The zero-order chi connectivity index (χ0) is 12.4. The van der Waals surface area contributed by atoms with Crippen LogP contribution < -0.4 is 10.6 Å². The van der Waals surface area contributed by atoms with E-state index in [0.717, 1.165) is 42.8 Å². The number of hydrogen-bond acceptors (Lipinski definition) is 4. The molecule has 2 aromatic heterocycles. The second kappa shape index (κ2) is 4.94. The molecule has 96 valence electrons. The Balaban J connectivity index is 1.52. The number of aromatic nitrogens is 3. The van der Waals surface area contributed by atoms with Crippen LogP contribution in [0, 0.1) is 6.92 Å². The first-order valence-corrected chi connectivity index (χ1v) is 6.62. The van der Waals surface area contributed by atoms with Crippen LogP contribution in [-0.4, -0.2) is 33.7 Å². The van der Waals surface area contributed by atoms with Crippen LogP contribution in [0.2, 0.25) is 0 Å². The number of anilines is 1. The van der Waals surface area contributed by atoms with Crippen LogP contribution in [-0.2, 0) is 0 Å². The third kappa shape index (κ3) is 2.61. The summed E-state index contributed by atoms with van der Waals surface area (Å²) in [5.74, 6) is 0.718. The quantitative estimate of drug-likeness (QED) is 0.759. The van der Waals surface area contributed by atoms with Crippen LogP contribution >= 0.6 is 0 Å². The van der Waals surface area contributed by atoms with Crippen LogP contribution in [0.3, 0.4) is 0 Å². The highest BCUT2D eigenvalue weighted by atomic mass is 15.3. The van der Waals surface area contributed by atoms with Crippen molar-refractivity contribution in [2.24, 2.45) is 0 Å². The lowest BCUT2D eigenvalue weighted by Gasteiger charge is -2.02. The SMILES string of the molecule is Cc1cccc2nc(NCCCNC3CC3)nn12. The van der Waals surface area contributed by atoms with E-state index in [1.807, 2.05) is 29.6 Å². The van der Waals surface area contributed by atoms with E-state index in [4.69, 9.17) is 0 Å². The van der Waals surface area contributed by atoms with Gasteiger partial charge in [-0.15, -0.1) is 5.10 Å². The smallest absolute Gasteiger partial charge is 0.243 e. The molecule has 0 bridgehead atoms. The highest BCUT2D eigenvalue weighted by Gasteiger charge is 2.19. The fraction of sp³-hybridized carbons (Fsp3) is 0.538. The van der Waals surface area contributed by atoms with Crippen LogP contribution in [0.1, 0.15) is 25.0 Å². The van der Waals surface area contributed by atoms with Crippen molar-refractivity contribution in [3.8, 4) is 0 Å². The van der Waals surface area contributed by atoms with Gasteiger partial charge < -0.3 is 10.6 Å². The summed E-state index contributed by atoms with van der Waals surface area (Å²) < 4.78 is 1.87. The van der Waals surface area contributed by atoms with Crippen LogP contribution in [0.25, 0.3) is 5.65 Å². The van der Waals surface area contributed by atoms with Crippen molar-refractivity contribution >= 4 is 11.6 Å². The Morgan fingerprint density at radius 3 is 3.00 bits per heavy atom. The maximum Gasteiger partial charge on any atom is 0.243 e. The second-order valence-electron chi connectivity index (χ2n) is 4.88. The highest BCUT2D eigenvalue weighted by molar-refractivity contribution is 5.44. The molecule has 1 aliphatic carbocycles. The van der Waals surface area contributed by atoms with E-state index in [2.05, 4.69) is 20.7 Å². The fourth-order valence-electron chi connectivity index (χ4n) is 1.99. The standard InChI is InChI=1S/C13H19N5/c1-10-4-2-5-12-16-13(17-18(10)12)15-9-3-8-14-11-6-7-11/h2,4-5,11,14H,3,6-9H2,1H3,(H,15,17). The van der Waals surface area contributed by atoms with E-state index in [9.17, 15) is 0 Å². The maximum absolute atomic E-state index is 4.44. The Hall–Kier alpha value is -1.62. The molecule has 1 saturated carbocycles. The molecule has 0 aliphatic heterocycles. The minimum Gasteiger partial charge on any atom is -0.353 e. The van der Waals surface area contributed by atoms with Gasteiger partial charge in [0.05, 0.1) is 0 Å². The van der Waals surface area contributed by atoms with Gasteiger partial charge in [-0.2, -0.15) is 4.98 Å². The third-order valence-electron chi connectivity index (χ3n) is 3.20. The van der Waals surface area contributed by atoms with E-state index >= 15 is 0 Å². The predicted molar refractivity (Wildman–Crippen MR) is 71.9 cm³/mol. The van der Waals surface area contributed by atoms with Gasteiger partial charge in [-0.25, -0.2) is 4.52 Å². The molecule has 2 N–H and O–H groups in total. The van der Waals surface area contributed by atoms with Crippen molar-refractivity contribution in [3.05, 3.63) is 23.9 Å². The molecule has 18 heavy (non-hydrogen) atoms. The van der Waals surface area contributed by atoms with Crippen molar-refractivity contribution in [1.29, 1.82) is 0 Å². The molecule has 0 spiro atoms. The second-order valence-corrected chi connectivity index (χ2v) is 4.88. The first kappa shape index (κ1) is 11.5. The summed E-state index contributed by atoms with van der Waals surface area (Å²) in [6, 6.07) is 6.80. The van der Waals surface area contributed by atoms with Crippen molar-refractivity contribution in [2.45, 2.75) is 32.2 Å². The van der Waals surface area contributed by atoms with Crippen LogP contribution in [0.4, 0.5) is 5.95 Å². The Morgan fingerprint density at radius 2 is 2.22 bits per heavy atom. The molecule has 0 saturated heterocycles. The van der Waals surface area contributed by atoms with E-state index in [0.29, 0.717) is 0 Å². The van der Waals surface area contributed by atoms with Gasteiger partial charge >= 0.3 is 0 Å². The molecular weight excluding hydrogens is 226 g/mol. The van der Waals surface area contributed by atoms with Crippen molar-refractivity contribution < 1.29 is 0 Å². The summed E-state index contributed by atoms with van der Waals surface area (Å²) in [6.07, 6.45) is 3.80.